The predicted octanol–water partition coefficient (Wildman–Crippen LogP) is 4.45. The fourth-order valence-electron chi connectivity index (χ4n) is 5.00. The second-order valence-electron chi connectivity index (χ2n) is 9.46. The first-order valence-electron chi connectivity index (χ1n) is 12.1. The zero-order valence-corrected chi connectivity index (χ0v) is 20.0. The molecule has 0 bridgehead atoms. The van der Waals surface area contributed by atoms with Gasteiger partial charge in [0.25, 0.3) is 11.5 Å². The van der Waals surface area contributed by atoms with Crippen molar-refractivity contribution in [3.05, 3.63) is 51.0 Å². The van der Waals surface area contributed by atoms with Crippen molar-refractivity contribution in [3.8, 4) is 0 Å². The highest BCUT2D eigenvalue weighted by atomic mass is 32.1. The third kappa shape index (κ3) is 5.01. The molecule has 1 atom stereocenters. The normalized spacial score (nSPS) is 19.6. The van der Waals surface area contributed by atoms with Crippen LogP contribution in [0.2, 0.25) is 0 Å². The third-order valence-corrected chi connectivity index (χ3v) is 7.53. The number of carbonyl (C=O) groups excluding carboxylic acids is 1. The van der Waals surface area contributed by atoms with Gasteiger partial charge < -0.3 is 0 Å². The van der Waals surface area contributed by atoms with Gasteiger partial charge in [0.15, 0.2) is 5.13 Å². The monoisotopic (exact) mass is 465 g/mol. The second kappa shape index (κ2) is 9.73. The first kappa shape index (κ1) is 22.2. The van der Waals surface area contributed by atoms with Crippen LogP contribution in [0.25, 0.3) is 10.9 Å². The van der Waals surface area contributed by atoms with Crippen LogP contribution >= 0.6 is 11.3 Å². The van der Waals surface area contributed by atoms with Gasteiger partial charge in [-0.1, -0.05) is 19.8 Å². The van der Waals surface area contributed by atoms with E-state index in [1.165, 1.54) is 30.6 Å². The lowest BCUT2D eigenvalue weighted by Gasteiger charge is -2.30. The molecule has 0 aliphatic carbocycles. The van der Waals surface area contributed by atoms with Crippen LogP contribution in [0.15, 0.2) is 28.4 Å². The number of hydrogen-bond acceptors (Lipinski definition) is 6. The number of aromatic nitrogens is 3. The Morgan fingerprint density at radius 3 is 2.91 bits per heavy atom. The number of anilines is 1. The van der Waals surface area contributed by atoms with Crippen LogP contribution < -0.4 is 10.9 Å². The van der Waals surface area contributed by atoms with Gasteiger partial charge in [0.05, 0.1) is 16.6 Å². The molecule has 174 valence electrons. The molecule has 1 fully saturated rings. The number of nitrogens with zero attached hydrogens (tertiary/aromatic N) is 4. The van der Waals surface area contributed by atoms with Crippen molar-refractivity contribution in [1.29, 1.82) is 0 Å². The van der Waals surface area contributed by atoms with Gasteiger partial charge in [-0.2, -0.15) is 0 Å². The molecule has 7 nitrogen and oxygen atoms in total. The molecule has 33 heavy (non-hydrogen) atoms. The van der Waals surface area contributed by atoms with E-state index >= 15 is 0 Å². The molecule has 1 unspecified atom stereocenters. The van der Waals surface area contributed by atoms with Gasteiger partial charge >= 0.3 is 0 Å². The number of aryl methyl sites for hydroxylation is 1. The average Bonchev–Trinajstić information content (AvgIpc) is 3.21. The molecule has 2 aromatic heterocycles. The molecule has 1 aromatic carbocycles. The van der Waals surface area contributed by atoms with E-state index in [4.69, 9.17) is 4.98 Å². The molecule has 1 saturated heterocycles. The van der Waals surface area contributed by atoms with Crippen molar-refractivity contribution in [2.75, 3.05) is 18.4 Å². The van der Waals surface area contributed by atoms with Gasteiger partial charge in [0.2, 0.25) is 0 Å². The van der Waals surface area contributed by atoms with Crippen LogP contribution in [0.4, 0.5) is 5.13 Å². The summed E-state index contributed by atoms with van der Waals surface area (Å²) in [6.45, 7) is 6.06. The van der Waals surface area contributed by atoms with E-state index in [0.717, 1.165) is 69.3 Å². The predicted molar refractivity (Wildman–Crippen MR) is 132 cm³/mol. The Morgan fingerprint density at radius 2 is 2.03 bits per heavy atom. The minimum atomic E-state index is -0.224. The smallest absolute Gasteiger partial charge is 0.261 e. The summed E-state index contributed by atoms with van der Waals surface area (Å²) in [6.07, 6.45) is 7.71. The summed E-state index contributed by atoms with van der Waals surface area (Å²) < 4.78 is 1.82. The van der Waals surface area contributed by atoms with E-state index in [2.05, 4.69) is 22.1 Å². The van der Waals surface area contributed by atoms with E-state index in [0.29, 0.717) is 21.6 Å². The second-order valence-corrected chi connectivity index (χ2v) is 10.3. The highest BCUT2D eigenvalue weighted by Crippen LogP contribution is 2.22. The van der Waals surface area contributed by atoms with Crippen LogP contribution in [0.1, 0.15) is 67.3 Å². The van der Waals surface area contributed by atoms with Crippen molar-refractivity contribution >= 4 is 33.3 Å². The quantitative estimate of drug-likeness (QED) is 0.616. The standard InChI is InChI=1S/C25H31N5O2S/c1-17-7-6-11-29(14-17)15-19-16-33-25(26-19)28-23(31)18-9-10-20-21(13-18)27-22-8-4-2-3-5-12-30(22)24(20)32/h9-10,13,16-17H,2-8,11-12,14-15H2,1H3,(H,26,28,31). The highest BCUT2D eigenvalue weighted by Gasteiger charge is 2.19. The number of carbonyl (C=O) groups is 1. The SMILES string of the molecule is CC1CCCN(Cc2csc(NC(=O)c3ccc4c(=O)n5c(nc4c3)CCCCCC5)n2)C1. The van der Waals surface area contributed by atoms with Crippen LogP contribution in [-0.2, 0) is 19.5 Å². The largest absolute Gasteiger partial charge is 0.298 e. The van der Waals surface area contributed by atoms with Gasteiger partial charge in [-0.05, 0) is 56.3 Å². The molecule has 2 aliphatic heterocycles. The van der Waals surface area contributed by atoms with Crippen molar-refractivity contribution in [1.82, 2.24) is 19.4 Å². The number of piperidine rings is 1. The Kier molecular flexibility index (Phi) is 6.55. The first-order chi connectivity index (χ1) is 16.1. The zero-order valence-electron chi connectivity index (χ0n) is 19.2. The first-order valence-corrected chi connectivity index (χ1v) is 13.0. The average molecular weight is 466 g/mol. The lowest BCUT2D eigenvalue weighted by atomic mass is 10.0. The summed E-state index contributed by atoms with van der Waals surface area (Å²) in [5.74, 6) is 1.34. The molecule has 1 N–H and O–H groups in total. The molecule has 2 aliphatic rings. The summed E-state index contributed by atoms with van der Waals surface area (Å²) >= 11 is 1.45. The van der Waals surface area contributed by atoms with Gasteiger partial charge in [-0.3, -0.25) is 24.4 Å². The molecule has 5 rings (SSSR count). The van der Waals surface area contributed by atoms with E-state index in [1.54, 1.807) is 18.2 Å². The maximum absolute atomic E-state index is 13.0. The summed E-state index contributed by atoms with van der Waals surface area (Å²) in [7, 11) is 0. The molecule has 4 heterocycles. The van der Waals surface area contributed by atoms with Gasteiger partial charge in [0.1, 0.15) is 5.82 Å². The van der Waals surface area contributed by atoms with Gasteiger partial charge in [-0.15, -0.1) is 11.3 Å². The zero-order chi connectivity index (χ0) is 22.8. The Balaban J connectivity index is 1.32. The van der Waals surface area contributed by atoms with E-state index in [9.17, 15) is 9.59 Å². The van der Waals surface area contributed by atoms with Gasteiger partial charge in [0, 0.05) is 37.0 Å². The van der Waals surface area contributed by atoms with Crippen molar-refractivity contribution in [2.24, 2.45) is 5.92 Å². The maximum Gasteiger partial charge on any atom is 0.261 e. The van der Waals surface area contributed by atoms with Crippen molar-refractivity contribution in [2.45, 2.75) is 65.0 Å². The minimum Gasteiger partial charge on any atom is -0.298 e. The number of likely N-dealkylation sites (tertiary alicyclic amines) is 1. The lowest BCUT2D eigenvalue weighted by Crippen LogP contribution is -2.33. The van der Waals surface area contributed by atoms with Crippen LogP contribution in [0.5, 0.6) is 0 Å². The number of fused-ring (bicyclic) bond motifs is 2. The summed E-state index contributed by atoms with van der Waals surface area (Å²) in [5.41, 5.74) is 2.09. The number of benzene rings is 1. The molecular weight excluding hydrogens is 434 g/mol. The Labute approximate surface area is 197 Å². The number of rotatable bonds is 4. The molecule has 0 radical (unpaired) electrons. The Hall–Kier alpha value is -2.58. The third-order valence-electron chi connectivity index (χ3n) is 6.73. The van der Waals surface area contributed by atoms with Crippen LogP contribution in [-0.4, -0.2) is 38.4 Å². The summed E-state index contributed by atoms with van der Waals surface area (Å²) in [6, 6.07) is 5.17. The maximum atomic E-state index is 13.0. The highest BCUT2D eigenvalue weighted by molar-refractivity contribution is 7.14. The van der Waals surface area contributed by atoms with E-state index < -0.39 is 0 Å². The fraction of sp³-hybridized carbons (Fsp3) is 0.520. The van der Waals surface area contributed by atoms with Crippen molar-refractivity contribution in [3.63, 3.8) is 0 Å². The molecule has 8 heteroatoms. The van der Waals surface area contributed by atoms with Crippen LogP contribution in [0.3, 0.4) is 0 Å². The number of hydrogen-bond donors (Lipinski definition) is 1. The van der Waals surface area contributed by atoms with Gasteiger partial charge in [-0.25, -0.2) is 9.97 Å². The van der Waals surface area contributed by atoms with E-state index in [1.807, 2.05) is 9.95 Å². The Bertz CT molecular complexity index is 1220. The lowest BCUT2D eigenvalue weighted by molar-refractivity contribution is 0.102. The van der Waals surface area contributed by atoms with E-state index in [-0.39, 0.29) is 11.5 Å². The topological polar surface area (TPSA) is 80.1 Å². The molecule has 0 saturated carbocycles. The molecule has 1 amide bonds. The minimum absolute atomic E-state index is 0.000421. The number of amides is 1. The number of nitrogens with one attached hydrogen (secondary N) is 1. The Morgan fingerprint density at radius 1 is 1.15 bits per heavy atom. The van der Waals surface area contributed by atoms with Crippen LogP contribution in [0, 0.1) is 5.92 Å². The number of thiazole rings is 1. The fourth-order valence-corrected chi connectivity index (χ4v) is 5.70. The van der Waals surface area contributed by atoms with Crippen molar-refractivity contribution < 1.29 is 4.79 Å². The molecule has 0 spiro atoms. The molecule has 3 aromatic rings. The molecular formula is C25H31N5O2S. The summed E-state index contributed by atoms with van der Waals surface area (Å²) in [5, 5.41) is 6.12. The summed E-state index contributed by atoms with van der Waals surface area (Å²) in [4.78, 5) is 37.7.